The number of aliphatic imine (C=N–C) groups is 1. The molecule has 0 radical (unpaired) electrons. The Morgan fingerprint density at radius 1 is 1.26 bits per heavy atom. The normalized spacial score (nSPS) is 24.3. The maximum Gasteiger partial charge on any atom is 0.119 e. The van der Waals surface area contributed by atoms with Crippen LogP contribution in [-0.2, 0) is 6.42 Å². The molecule has 0 aromatic heterocycles. The van der Waals surface area contributed by atoms with Gasteiger partial charge < -0.3 is 4.74 Å². The SMILES string of the molecule is COc1ccc2c(c1)CC(C)(C)/C2=C1\CCN=C1C. The van der Waals surface area contributed by atoms with E-state index in [1.807, 2.05) is 0 Å². The van der Waals surface area contributed by atoms with Crippen LogP contribution in [0.15, 0.2) is 28.8 Å². The molecule has 1 aliphatic heterocycles. The predicted molar refractivity (Wildman–Crippen MR) is 80.0 cm³/mol. The number of hydrogen-bond donors (Lipinski definition) is 0. The molecule has 0 amide bonds. The highest BCUT2D eigenvalue weighted by Crippen LogP contribution is 2.49. The smallest absolute Gasteiger partial charge is 0.119 e. The second-order valence-electron chi connectivity index (χ2n) is 6.15. The fourth-order valence-electron chi connectivity index (χ4n) is 3.50. The number of ether oxygens (including phenoxy) is 1. The molecule has 0 atom stereocenters. The Morgan fingerprint density at radius 3 is 2.68 bits per heavy atom. The van der Waals surface area contributed by atoms with Gasteiger partial charge in [-0.3, -0.25) is 4.99 Å². The average Bonchev–Trinajstić information content (AvgIpc) is 2.87. The van der Waals surface area contributed by atoms with Crippen LogP contribution in [0.3, 0.4) is 0 Å². The first-order chi connectivity index (χ1) is 9.03. The lowest BCUT2D eigenvalue weighted by Gasteiger charge is -2.23. The van der Waals surface area contributed by atoms with Gasteiger partial charge in [-0.05, 0) is 59.6 Å². The van der Waals surface area contributed by atoms with E-state index in [-0.39, 0.29) is 5.41 Å². The zero-order chi connectivity index (χ0) is 13.6. The summed E-state index contributed by atoms with van der Waals surface area (Å²) in [7, 11) is 1.73. The van der Waals surface area contributed by atoms with Crippen LogP contribution in [0.25, 0.3) is 5.57 Å². The van der Waals surface area contributed by atoms with E-state index >= 15 is 0 Å². The maximum absolute atomic E-state index is 5.35. The standard InChI is InChI=1S/C17H21NO/c1-11-14(7-8-18-11)16-15-6-5-13(19-4)9-12(15)10-17(16,2)3/h5-6,9H,7-8,10H2,1-4H3/b16-14+. The molecule has 0 saturated heterocycles. The van der Waals surface area contributed by atoms with Gasteiger partial charge in [0.15, 0.2) is 0 Å². The molecule has 0 N–H and O–H groups in total. The van der Waals surface area contributed by atoms with Crippen molar-refractivity contribution < 1.29 is 4.74 Å². The summed E-state index contributed by atoms with van der Waals surface area (Å²) in [6, 6.07) is 6.48. The summed E-state index contributed by atoms with van der Waals surface area (Å²) < 4.78 is 5.35. The largest absolute Gasteiger partial charge is 0.497 e. The third-order valence-electron chi connectivity index (χ3n) is 4.34. The summed E-state index contributed by atoms with van der Waals surface area (Å²) in [4.78, 5) is 4.57. The Morgan fingerprint density at radius 2 is 2.05 bits per heavy atom. The zero-order valence-electron chi connectivity index (χ0n) is 12.2. The minimum atomic E-state index is 0.200. The second kappa shape index (κ2) is 4.22. The molecule has 0 spiro atoms. The van der Waals surface area contributed by atoms with E-state index in [1.165, 1.54) is 28.0 Å². The lowest BCUT2D eigenvalue weighted by Crippen LogP contribution is -2.13. The Bertz CT molecular complexity index is 593. The van der Waals surface area contributed by atoms with E-state index in [4.69, 9.17) is 4.74 Å². The van der Waals surface area contributed by atoms with Gasteiger partial charge in [0.05, 0.1) is 7.11 Å². The zero-order valence-corrected chi connectivity index (χ0v) is 12.2. The van der Waals surface area contributed by atoms with E-state index in [0.29, 0.717) is 0 Å². The van der Waals surface area contributed by atoms with Gasteiger partial charge in [-0.25, -0.2) is 0 Å². The Hall–Kier alpha value is -1.57. The first-order valence-electron chi connectivity index (χ1n) is 6.95. The van der Waals surface area contributed by atoms with Crippen LogP contribution in [0.1, 0.15) is 38.3 Å². The molecule has 1 aliphatic carbocycles. The molecule has 2 nitrogen and oxygen atoms in total. The molecule has 2 aliphatic rings. The third-order valence-corrected chi connectivity index (χ3v) is 4.34. The molecule has 1 aromatic carbocycles. The number of rotatable bonds is 1. The van der Waals surface area contributed by atoms with Crippen molar-refractivity contribution in [3.63, 3.8) is 0 Å². The fraction of sp³-hybridized carbons (Fsp3) is 0.471. The van der Waals surface area contributed by atoms with Gasteiger partial charge in [0.25, 0.3) is 0 Å². The fourth-order valence-corrected chi connectivity index (χ4v) is 3.50. The number of allylic oxidation sites excluding steroid dienone is 1. The number of methoxy groups -OCH3 is 1. The van der Waals surface area contributed by atoms with Crippen molar-refractivity contribution >= 4 is 11.3 Å². The van der Waals surface area contributed by atoms with Gasteiger partial charge in [0, 0.05) is 12.3 Å². The van der Waals surface area contributed by atoms with Crippen LogP contribution in [-0.4, -0.2) is 19.4 Å². The van der Waals surface area contributed by atoms with Crippen molar-refractivity contribution in [3.05, 3.63) is 34.9 Å². The van der Waals surface area contributed by atoms with Crippen LogP contribution in [0.2, 0.25) is 0 Å². The van der Waals surface area contributed by atoms with E-state index in [1.54, 1.807) is 7.11 Å². The van der Waals surface area contributed by atoms with Gasteiger partial charge in [0.2, 0.25) is 0 Å². The Kier molecular flexibility index (Phi) is 2.77. The maximum atomic E-state index is 5.35. The van der Waals surface area contributed by atoms with Crippen molar-refractivity contribution in [2.45, 2.75) is 33.6 Å². The molecule has 0 bridgehead atoms. The number of fused-ring (bicyclic) bond motifs is 1. The van der Waals surface area contributed by atoms with Crippen LogP contribution in [0, 0.1) is 5.41 Å². The summed E-state index contributed by atoms with van der Waals surface area (Å²) in [6.45, 7) is 7.78. The van der Waals surface area contributed by atoms with Gasteiger partial charge in [-0.2, -0.15) is 0 Å². The molecule has 0 fully saturated rings. The van der Waals surface area contributed by atoms with Gasteiger partial charge >= 0.3 is 0 Å². The second-order valence-corrected chi connectivity index (χ2v) is 6.15. The van der Waals surface area contributed by atoms with Crippen LogP contribution >= 0.6 is 0 Å². The van der Waals surface area contributed by atoms with Crippen molar-refractivity contribution in [2.75, 3.05) is 13.7 Å². The van der Waals surface area contributed by atoms with Crippen molar-refractivity contribution in [1.82, 2.24) is 0 Å². The molecule has 19 heavy (non-hydrogen) atoms. The summed E-state index contributed by atoms with van der Waals surface area (Å²) in [5.41, 5.74) is 7.21. The van der Waals surface area contributed by atoms with Crippen LogP contribution < -0.4 is 4.74 Å². The molecule has 3 rings (SSSR count). The topological polar surface area (TPSA) is 21.6 Å². The number of nitrogens with zero attached hydrogens (tertiary/aromatic N) is 1. The van der Waals surface area contributed by atoms with Crippen LogP contribution in [0.4, 0.5) is 0 Å². The molecule has 100 valence electrons. The van der Waals surface area contributed by atoms with E-state index in [2.05, 4.69) is 44.0 Å². The summed E-state index contributed by atoms with van der Waals surface area (Å²) in [5, 5.41) is 0. The Balaban J connectivity index is 2.19. The predicted octanol–water partition coefficient (Wildman–Crippen LogP) is 3.90. The van der Waals surface area contributed by atoms with Crippen molar-refractivity contribution in [3.8, 4) is 5.75 Å². The molecule has 1 aromatic rings. The van der Waals surface area contributed by atoms with Gasteiger partial charge in [-0.1, -0.05) is 19.9 Å². The molecular formula is C17H21NO. The lowest BCUT2D eigenvalue weighted by molar-refractivity contribution is 0.414. The first-order valence-corrected chi connectivity index (χ1v) is 6.95. The highest BCUT2D eigenvalue weighted by atomic mass is 16.5. The van der Waals surface area contributed by atoms with Crippen molar-refractivity contribution in [2.24, 2.45) is 10.4 Å². The lowest BCUT2D eigenvalue weighted by atomic mass is 9.81. The number of hydrogen-bond acceptors (Lipinski definition) is 2. The van der Waals surface area contributed by atoms with E-state index < -0.39 is 0 Å². The molecule has 1 heterocycles. The minimum absolute atomic E-state index is 0.200. The highest BCUT2D eigenvalue weighted by Gasteiger charge is 2.37. The molecule has 0 unspecified atom stereocenters. The third kappa shape index (κ3) is 1.90. The highest BCUT2D eigenvalue weighted by molar-refractivity contribution is 6.07. The first kappa shape index (κ1) is 12.5. The molecule has 2 heteroatoms. The van der Waals surface area contributed by atoms with Gasteiger partial charge in [0.1, 0.15) is 5.75 Å². The van der Waals surface area contributed by atoms with E-state index in [9.17, 15) is 0 Å². The molecule has 0 saturated carbocycles. The summed E-state index contributed by atoms with van der Waals surface area (Å²) in [5.74, 6) is 0.956. The molecular weight excluding hydrogens is 234 g/mol. The van der Waals surface area contributed by atoms with Gasteiger partial charge in [-0.15, -0.1) is 0 Å². The summed E-state index contributed by atoms with van der Waals surface area (Å²) in [6.07, 6.45) is 2.18. The Labute approximate surface area is 115 Å². The van der Waals surface area contributed by atoms with Crippen molar-refractivity contribution in [1.29, 1.82) is 0 Å². The number of benzene rings is 1. The van der Waals surface area contributed by atoms with Crippen LogP contribution in [0.5, 0.6) is 5.75 Å². The summed E-state index contributed by atoms with van der Waals surface area (Å²) >= 11 is 0. The van der Waals surface area contributed by atoms with E-state index in [0.717, 1.165) is 25.1 Å². The average molecular weight is 255 g/mol. The minimum Gasteiger partial charge on any atom is -0.497 e. The quantitative estimate of drug-likeness (QED) is 0.746. The monoisotopic (exact) mass is 255 g/mol.